The molecule has 1 heterocycles. The minimum absolute atomic E-state index is 0.190. The second kappa shape index (κ2) is 4.00. The van der Waals surface area contributed by atoms with Crippen molar-refractivity contribution in [1.29, 1.82) is 0 Å². The number of ether oxygens (including phenoxy) is 1. The van der Waals surface area contributed by atoms with Crippen molar-refractivity contribution in [3.8, 4) is 5.75 Å². The summed E-state index contributed by atoms with van der Waals surface area (Å²) >= 11 is 0. The lowest BCUT2D eigenvalue weighted by Gasteiger charge is -2.29. The molecule has 2 nitrogen and oxygen atoms in total. The van der Waals surface area contributed by atoms with Crippen LogP contribution in [0.3, 0.4) is 0 Å². The molecular formula is C14H21NO. The SMILES string of the molecule is CCC1COc2ccc(C(C)(C)C)cc2N1. The fourth-order valence-corrected chi connectivity index (χ4v) is 1.91. The zero-order valence-electron chi connectivity index (χ0n) is 10.6. The minimum atomic E-state index is 0.190. The second-order valence-electron chi connectivity index (χ2n) is 5.52. The van der Waals surface area contributed by atoms with E-state index in [1.165, 1.54) is 5.56 Å². The van der Waals surface area contributed by atoms with Crippen molar-refractivity contribution >= 4 is 5.69 Å². The summed E-state index contributed by atoms with van der Waals surface area (Å²) in [7, 11) is 0. The van der Waals surface area contributed by atoms with Crippen molar-refractivity contribution in [3.63, 3.8) is 0 Å². The molecular weight excluding hydrogens is 198 g/mol. The first-order valence-electron chi connectivity index (χ1n) is 6.04. The molecule has 0 aromatic heterocycles. The van der Waals surface area contributed by atoms with Crippen LogP contribution >= 0.6 is 0 Å². The Bertz CT molecular complexity index is 379. The molecule has 2 rings (SSSR count). The summed E-state index contributed by atoms with van der Waals surface area (Å²) in [5, 5.41) is 3.53. The third-order valence-corrected chi connectivity index (χ3v) is 3.14. The smallest absolute Gasteiger partial charge is 0.142 e. The summed E-state index contributed by atoms with van der Waals surface area (Å²) in [6.07, 6.45) is 1.10. The van der Waals surface area contributed by atoms with Gasteiger partial charge in [0.1, 0.15) is 12.4 Å². The highest BCUT2D eigenvalue weighted by molar-refractivity contribution is 5.60. The van der Waals surface area contributed by atoms with Crippen LogP contribution in [0.2, 0.25) is 0 Å². The second-order valence-corrected chi connectivity index (χ2v) is 5.52. The maximum absolute atomic E-state index is 5.73. The van der Waals surface area contributed by atoms with Gasteiger partial charge in [0.05, 0.1) is 11.7 Å². The largest absolute Gasteiger partial charge is 0.489 e. The van der Waals surface area contributed by atoms with E-state index in [0.717, 1.165) is 24.5 Å². The van der Waals surface area contributed by atoms with Crippen LogP contribution in [0.1, 0.15) is 39.7 Å². The topological polar surface area (TPSA) is 21.3 Å². The fraction of sp³-hybridized carbons (Fsp3) is 0.571. The van der Waals surface area contributed by atoms with Crippen LogP contribution in [0.25, 0.3) is 0 Å². The molecule has 1 aromatic rings. The number of benzene rings is 1. The highest BCUT2D eigenvalue weighted by Gasteiger charge is 2.20. The zero-order valence-corrected chi connectivity index (χ0v) is 10.6. The van der Waals surface area contributed by atoms with Crippen LogP contribution < -0.4 is 10.1 Å². The summed E-state index contributed by atoms with van der Waals surface area (Å²) in [4.78, 5) is 0. The highest BCUT2D eigenvalue weighted by Crippen LogP contribution is 2.34. The van der Waals surface area contributed by atoms with E-state index >= 15 is 0 Å². The van der Waals surface area contributed by atoms with Crippen molar-refractivity contribution in [3.05, 3.63) is 23.8 Å². The van der Waals surface area contributed by atoms with Crippen LogP contribution in [0.4, 0.5) is 5.69 Å². The summed E-state index contributed by atoms with van der Waals surface area (Å²) < 4.78 is 5.73. The Hall–Kier alpha value is -1.18. The molecule has 0 amide bonds. The maximum Gasteiger partial charge on any atom is 0.142 e. The van der Waals surface area contributed by atoms with Crippen LogP contribution in [-0.4, -0.2) is 12.6 Å². The van der Waals surface area contributed by atoms with Crippen molar-refractivity contribution in [2.24, 2.45) is 0 Å². The first-order chi connectivity index (χ1) is 7.50. The lowest BCUT2D eigenvalue weighted by Crippen LogP contribution is -2.30. The Morgan fingerprint density at radius 2 is 2.12 bits per heavy atom. The Morgan fingerprint density at radius 3 is 2.75 bits per heavy atom. The molecule has 16 heavy (non-hydrogen) atoms. The van der Waals surface area contributed by atoms with E-state index in [4.69, 9.17) is 4.74 Å². The first-order valence-corrected chi connectivity index (χ1v) is 6.04. The molecule has 2 heteroatoms. The molecule has 0 bridgehead atoms. The molecule has 1 atom stereocenters. The van der Waals surface area contributed by atoms with Gasteiger partial charge >= 0.3 is 0 Å². The molecule has 1 N–H and O–H groups in total. The summed E-state index contributed by atoms with van der Waals surface area (Å²) in [6, 6.07) is 6.90. The quantitative estimate of drug-likeness (QED) is 0.779. The highest BCUT2D eigenvalue weighted by atomic mass is 16.5. The molecule has 1 aromatic carbocycles. The van der Waals surface area contributed by atoms with Gasteiger partial charge in [0.25, 0.3) is 0 Å². The average molecular weight is 219 g/mol. The fourth-order valence-electron chi connectivity index (χ4n) is 1.91. The van der Waals surface area contributed by atoms with Gasteiger partial charge in [-0.3, -0.25) is 0 Å². The third-order valence-electron chi connectivity index (χ3n) is 3.14. The van der Waals surface area contributed by atoms with Gasteiger partial charge in [0.15, 0.2) is 0 Å². The summed E-state index contributed by atoms with van der Waals surface area (Å²) in [5.41, 5.74) is 2.68. The van der Waals surface area contributed by atoms with Crippen LogP contribution in [0.15, 0.2) is 18.2 Å². The van der Waals surface area contributed by atoms with Gasteiger partial charge < -0.3 is 10.1 Å². The minimum Gasteiger partial charge on any atom is -0.489 e. The lowest BCUT2D eigenvalue weighted by atomic mass is 9.86. The molecule has 0 aliphatic carbocycles. The molecule has 0 saturated heterocycles. The van der Waals surface area contributed by atoms with Gasteiger partial charge in [-0.25, -0.2) is 0 Å². The number of hydrogen-bond acceptors (Lipinski definition) is 2. The van der Waals surface area contributed by atoms with Crippen LogP contribution in [-0.2, 0) is 5.41 Å². The average Bonchev–Trinajstić information content (AvgIpc) is 2.26. The number of hydrogen-bond donors (Lipinski definition) is 1. The maximum atomic E-state index is 5.73. The predicted molar refractivity (Wildman–Crippen MR) is 68.3 cm³/mol. The van der Waals surface area contributed by atoms with E-state index in [1.54, 1.807) is 0 Å². The molecule has 0 fully saturated rings. The molecule has 88 valence electrons. The molecule has 1 aliphatic rings. The molecule has 1 aliphatic heterocycles. The molecule has 1 unspecified atom stereocenters. The molecule has 0 saturated carbocycles. The zero-order chi connectivity index (χ0) is 11.8. The van der Waals surface area contributed by atoms with Gasteiger partial charge in [-0.1, -0.05) is 33.8 Å². The van der Waals surface area contributed by atoms with E-state index in [2.05, 4.69) is 51.2 Å². The van der Waals surface area contributed by atoms with Crippen molar-refractivity contribution in [2.75, 3.05) is 11.9 Å². The van der Waals surface area contributed by atoms with E-state index in [9.17, 15) is 0 Å². The van der Waals surface area contributed by atoms with Gasteiger partial charge in [-0.2, -0.15) is 0 Å². The standard InChI is InChI=1S/C14H21NO/c1-5-11-9-16-13-7-6-10(14(2,3)4)8-12(13)15-11/h6-8,11,15H,5,9H2,1-4H3. The Balaban J connectivity index is 2.31. The van der Waals surface area contributed by atoms with Gasteiger partial charge in [0, 0.05) is 0 Å². The first kappa shape index (κ1) is 11.3. The number of fused-ring (bicyclic) bond motifs is 1. The third kappa shape index (κ3) is 2.16. The van der Waals surface area contributed by atoms with Crippen molar-refractivity contribution in [1.82, 2.24) is 0 Å². The van der Waals surface area contributed by atoms with E-state index in [1.807, 2.05) is 0 Å². The van der Waals surface area contributed by atoms with Gasteiger partial charge in [0.2, 0.25) is 0 Å². The molecule has 0 spiro atoms. The van der Waals surface area contributed by atoms with E-state index < -0.39 is 0 Å². The van der Waals surface area contributed by atoms with Crippen molar-refractivity contribution < 1.29 is 4.74 Å². The Morgan fingerprint density at radius 1 is 1.38 bits per heavy atom. The monoisotopic (exact) mass is 219 g/mol. The van der Waals surface area contributed by atoms with Crippen molar-refractivity contribution in [2.45, 2.75) is 45.6 Å². The number of nitrogens with one attached hydrogen (secondary N) is 1. The van der Waals surface area contributed by atoms with Crippen LogP contribution in [0.5, 0.6) is 5.75 Å². The van der Waals surface area contributed by atoms with E-state index in [0.29, 0.717) is 6.04 Å². The summed E-state index contributed by atoms with van der Waals surface area (Å²) in [5.74, 6) is 0.984. The van der Waals surface area contributed by atoms with Gasteiger partial charge in [-0.15, -0.1) is 0 Å². The van der Waals surface area contributed by atoms with Crippen LogP contribution in [0, 0.1) is 0 Å². The lowest BCUT2D eigenvalue weighted by molar-refractivity contribution is 0.281. The van der Waals surface area contributed by atoms with E-state index in [-0.39, 0.29) is 5.41 Å². The number of rotatable bonds is 1. The number of anilines is 1. The Labute approximate surface area is 98.0 Å². The predicted octanol–water partition coefficient (Wildman–Crippen LogP) is 3.57. The van der Waals surface area contributed by atoms with Gasteiger partial charge in [-0.05, 0) is 29.5 Å². The molecule has 0 radical (unpaired) electrons. The normalized spacial score (nSPS) is 19.6. The Kier molecular flexibility index (Phi) is 2.83. The summed E-state index contributed by atoms with van der Waals surface area (Å²) in [6.45, 7) is 9.65.